The number of aromatic amines is 1. The predicted octanol–water partition coefficient (Wildman–Crippen LogP) is 2.79. The summed E-state index contributed by atoms with van der Waals surface area (Å²) < 4.78 is 5.23. The molecule has 0 saturated carbocycles. The second-order valence-corrected chi connectivity index (χ2v) is 5.79. The summed E-state index contributed by atoms with van der Waals surface area (Å²) in [5.74, 6) is 1.58. The average Bonchev–Trinajstić information content (AvgIpc) is 2.97. The van der Waals surface area contributed by atoms with E-state index >= 15 is 0 Å². The number of methoxy groups -OCH3 is 1. The number of H-pyrrole nitrogens is 1. The lowest BCUT2D eigenvalue weighted by Gasteiger charge is -2.14. The maximum Gasteiger partial charge on any atom is 0.141 e. The largest absolute Gasteiger partial charge is 0.497 e. The Morgan fingerprint density at radius 2 is 2.08 bits per heavy atom. The van der Waals surface area contributed by atoms with Crippen molar-refractivity contribution in [3.8, 4) is 5.75 Å². The van der Waals surface area contributed by atoms with Gasteiger partial charge in [0.05, 0.1) is 24.1 Å². The quantitative estimate of drug-likeness (QED) is 0.539. The Morgan fingerprint density at radius 3 is 2.79 bits per heavy atom. The van der Waals surface area contributed by atoms with Gasteiger partial charge in [0.15, 0.2) is 0 Å². The van der Waals surface area contributed by atoms with Crippen molar-refractivity contribution in [3.05, 3.63) is 41.9 Å². The van der Waals surface area contributed by atoms with Gasteiger partial charge in [0.25, 0.3) is 0 Å². The van der Waals surface area contributed by atoms with Gasteiger partial charge in [0, 0.05) is 23.0 Å². The van der Waals surface area contributed by atoms with Gasteiger partial charge in [-0.1, -0.05) is 0 Å². The third kappa shape index (κ3) is 2.88. The third-order valence-electron chi connectivity index (χ3n) is 3.65. The smallest absolute Gasteiger partial charge is 0.141 e. The Morgan fingerprint density at radius 1 is 1.29 bits per heavy atom. The van der Waals surface area contributed by atoms with Crippen LogP contribution in [0.25, 0.3) is 10.9 Å². The highest BCUT2D eigenvalue weighted by Gasteiger charge is 2.18. The van der Waals surface area contributed by atoms with Gasteiger partial charge in [0.1, 0.15) is 23.7 Å². The molecular formula is C17H20N6O. The molecule has 24 heavy (non-hydrogen) atoms. The predicted molar refractivity (Wildman–Crippen MR) is 96.0 cm³/mol. The van der Waals surface area contributed by atoms with Crippen molar-refractivity contribution < 1.29 is 4.74 Å². The van der Waals surface area contributed by atoms with Gasteiger partial charge < -0.3 is 20.8 Å². The van der Waals surface area contributed by atoms with E-state index in [2.05, 4.69) is 20.3 Å². The van der Waals surface area contributed by atoms with E-state index < -0.39 is 0 Å². The van der Waals surface area contributed by atoms with E-state index in [4.69, 9.17) is 15.9 Å². The second-order valence-electron chi connectivity index (χ2n) is 5.79. The highest BCUT2D eigenvalue weighted by Crippen LogP contribution is 2.26. The molecule has 2 heterocycles. The molecule has 0 aliphatic rings. The van der Waals surface area contributed by atoms with E-state index in [9.17, 15) is 0 Å². The van der Waals surface area contributed by atoms with Crippen molar-refractivity contribution in [2.75, 3.05) is 18.2 Å². The summed E-state index contributed by atoms with van der Waals surface area (Å²) in [5, 5.41) is 12.8. The van der Waals surface area contributed by atoms with Crippen LogP contribution in [0.1, 0.15) is 25.1 Å². The Bertz CT molecular complexity index is 899. The molecule has 1 aromatic carbocycles. The summed E-state index contributed by atoms with van der Waals surface area (Å²) in [4.78, 5) is 11.5. The molecule has 3 aromatic rings. The van der Waals surface area contributed by atoms with Crippen LogP contribution >= 0.6 is 0 Å². The number of aromatic nitrogens is 3. The van der Waals surface area contributed by atoms with E-state index in [1.807, 2.05) is 38.1 Å². The Labute approximate surface area is 139 Å². The molecule has 0 unspecified atom stereocenters. The maximum absolute atomic E-state index is 8.57. The molecule has 0 bridgehead atoms. The van der Waals surface area contributed by atoms with E-state index in [1.54, 1.807) is 7.11 Å². The van der Waals surface area contributed by atoms with Gasteiger partial charge in [-0.25, -0.2) is 9.97 Å². The van der Waals surface area contributed by atoms with Crippen molar-refractivity contribution in [1.29, 1.82) is 5.41 Å². The summed E-state index contributed by atoms with van der Waals surface area (Å²) in [7, 11) is 1.62. The number of fused-ring (bicyclic) bond motifs is 1. The molecule has 0 amide bonds. The number of hydrogen-bond acceptors (Lipinski definition) is 6. The highest BCUT2D eigenvalue weighted by atomic mass is 16.5. The summed E-state index contributed by atoms with van der Waals surface area (Å²) in [5.41, 5.74) is 8.28. The SMILES string of the molecule is COc1ccc2cc(C(=N)c3c(N)ncnc3NC(C)C)[nH]c2c1. The summed E-state index contributed by atoms with van der Waals surface area (Å²) in [6.07, 6.45) is 1.40. The van der Waals surface area contributed by atoms with Crippen molar-refractivity contribution in [3.63, 3.8) is 0 Å². The zero-order valence-electron chi connectivity index (χ0n) is 13.8. The van der Waals surface area contributed by atoms with Crippen LogP contribution in [0.5, 0.6) is 5.75 Å². The van der Waals surface area contributed by atoms with Crippen LogP contribution in [0.3, 0.4) is 0 Å². The molecule has 7 nitrogen and oxygen atoms in total. The molecule has 0 fully saturated rings. The van der Waals surface area contributed by atoms with Gasteiger partial charge in [-0.05, 0) is 32.0 Å². The molecule has 2 aromatic heterocycles. The molecule has 0 saturated heterocycles. The molecule has 0 radical (unpaired) electrons. The number of rotatable bonds is 5. The molecule has 0 aliphatic carbocycles. The zero-order chi connectivity index (χ0) is 17.3. The normalized spacial score (nSPS) is 11.0. The molecule has 124 valence electrons. The molecule has 3 rings (SSSR count). The lowest BCUT2D eigenvalue weighted by Crippen LogP contribution is -2.18. The number of hydrogen-bond donors (Lipinski definition) is 4. The first-order chi connectivity index (χ1) is 11.5. The van der Waals surface area contributed by atoms with E-state index in [1.165, 1.54) is 6.33 Å². The summed E-state index contributed by atoms with van der Waals surface area (Å²) in [6, 6.07) is 7.79. The second kappa shape index (κ2) is 6.19. The molecule has 0 spiro atoms. The van der Waals surface area contributed by atoms with Crippen LogP contribution in [-0.2, 0) is 0 Å². The standard InChI is InChI=1S/C17H20N6O/c1-9(2)22-17-14(16(19)20-8-21-17)15(18)13-6-10-4-5-11(24-3)7-12(10)23-13/h4-9,18,23H,1-3H3,(H3,19,20,21,22). The fourth-order valence-corrected chi connectivity index (χ4v) is 2.53. The van der Waals surface area contributed by atoms with Crippen molar-refractivity contribution >= 4 is 28.3 Å². The lowest BCUT2D eigenvalue weighted by atomic mass is 10.1. The van der Waals surface area contributed by atoms with Crippen LogP contribution in [0.15, 0.2) is 30.6 Å². The molecular weight excluding hydrogens is 304 g/mol. The Kier molecular flexibility index (Phi) is 4.07. The van der Waals surface area contributed by atoms with Crippen LogP contribution in [0.2, 0.25) is 0 Å². The molecule has 0 aliphatic heterocycles. The van der Waals surface area contributed by atoms with Gasteiger partial charge >= 0.3 is 0 Å². The summed E-state index contributed by atoms with van der Waals surface area (Å²) in [6.45, 7) is 4.00. The Balaban J connectivity index is 2.06. The van der Waals surface area contributed by atoms with Crippen LogP contribution < -0.4 is 15.8 Å². The maximum atomic E-state index is 8.57. The zero-order valence-corrected chi connectivity index (χ0v) is 13.8. The van der Waals surface area contributed by atoms with Gasteiger partial charge in [-0.2, -0.15) is 0 Å². The number of nitrogens with one attached hydrogen (secondary N) is 3. The minimum Gasteiger partial charge on any atom is -0.497 e. The molecule has 7 heteroatoms. The molecule has 5 N–H and O–H groups in total. The highest BCUT2D eigenvalue weighted by molar-refractivity contribution is 6.16. The summed E-state index contributed by atoms with van der Waals surface area (Å²) >= 11 is 0. The number of nitrogens with two attached hydrogens (primary N) is 1. The average molecular weight is 324 g/mol. The first kappa shape index (κ1) is 15.8. The van der Waals surface area contributed by atoms with Crippen LogP contribution in [0.4, 0.5) is 11.6 Å². The van der Waals surface area contributed by atoms with Crippen molar-refractivity contribution in [1.82, 2.24) is 15.0 Å². The topological polar surface area (TPSA) is 113 Å². The van der Waals surface area contributed by atoms with E-state index in [0.717, 1.165) is 16.7 Å². The number of nitrogens with zero attached hydrogens (tertiary/aromatic N) is 2. The third-order valence-corrected chi connectivity index (χ3v) is 3.65. The minimum absolute atomic E-state index is 0.165. The van der Waals surface area contributed by atoms with Crippen LogP contribution in [0, 0.1) is 5.41 Å². The number of anilines is 2. The lowest BCUT2D eigenvalue weighted by molar-refractivity contribution is 0.415. The van der Waals surface area contributed by atoms with Crippen molar-refractivity contribution in [2.45, 2.75) is 19.9 Å². The van der Waals surface area contributed by atoms with Gasteiger partial charge in [-0.15, -0.1) is 0 Å². The van der Waals surface area contributed by atoms with E-state index in [-0.39, 0.29) is 17.6 Å². The number of nitrogen functional groups attached to an aromatic ring is 1. The molecule has 0 atom stereocenters. The minimum atomic E-state index is 0.165. The van der Waals surface area contributed by atoms with E-state index in [0.29, 0.717) is 17.1 Å². The van der Waals surface area contributed by atoms with Gasteiger partial charge in [-0.3, -0.25) is 5.41 Å². The Hall–Kier alpha value is -3.09. The number of benzene rings is 1. The first-order valence-corrected chi connectivity index (χ1v) is 7.62. The fourth-order valence-electron chi connectivity index (χ4n) is 2.53. The monoisotopic (exact) mass is 324 g/mol. The van der Waals surface area contributed by atoms with Gasteiger partial charge in [0.2, 0.25) is 0 Å². The van der Waals surface area contributed by atoms with Crippen molar-refractivity contribution in [2.24, 2.45) is 0 Å². The fraction of sp³-hybridized carbons (Fsp3) is 0.235. The first-order valence-electron chi connectivity index (χ1n) is 7.62. The van der Waals surface area contributed by atoms with Crippen LogP contribution in [-0.4, -0.2) is 33.8 Å². The number of ether oxygens (including phenoxy) is 1.